The number of hydrogen-bond donors (Lipinski definition) is 1. The number of thiophene rings is 1. The molecule has 0 radical (unpaired) electrons. The van der Waals surface area contributed by atoms with Crippen LogP contribution in [-0.2, 0) is 16.9 Å². The van der Waals surface area contributed by atoms with Crippen molar-refractivity contribution in [2.45, 2.75) is 63.4 Å². The van der Waals surface area contributed by atoms with Gasteiger partial charge in [0.15, 0.2) is 5.82 Å². The first kappa shape index (κ1) is 22.1. The largest absolute Gasteiger partial charge is 0.378 e. The zero-order chi connectivity index (χ0) is 22.1. The zero-order valence-corrected chi connectivity index (χ0v) is 20.9. The van der Waals surface area contributed by atoms with Crippen LogP contribution >= 0.6 is 23.1 Å². The molecule has 0 aromatic carbocycles. The lowest BCUT2D eigenvalue weighted by Crippen LogP contribution is -2.38. The number of ether oxygens (including phenoxy) is 1. The van der Waals surface area contributed by atoms with E-state index in [0.717, 1.165) is 78.1 Å². The van der Waals surface area contributed by atoms with Gasteiger partial charge >= 0.3 is 0 Å². The monoisotopic (exact) mass is 472 g/mol. The van der Waals surface area contributed by atoms with Gasteiger partial charge in [-0.25, -0.2) is 4.98 Å². The molecule has 5 heterocycles. The summed E-state index contributed by atoms with van der Waals surface area (Å²) in [4.78, 5) is 8.67. The summed E-state index contributed by atoms with van der Waals surface area (Å²) in [6, 6.07) is 0. The molecule has 0 aliphatic carbocycles. The van der Waals surface area contributed by atoms with Crippen LogP contribution < -0.4 is 10.2 Å². The third-order valence-electron chi connectivity index (χ3n) is 6.36. The number of morpholine rings is 1. The van der Waals surface area contributed by atoms with Crippen LogP contribution in [0.15, 0.2) is 0 Å². The summed E-state index contributed by atoms with van der Waals surface area (Å²) in [7, 11) is 0. The molecule has 1 saturated heterocycles. The van der Waals surface area contributed by atoms with Crippen molar-refractivity contribution in [1.29, 1.82) is 0 Å². The number of hydrogen-bond acceptors (Lipinski definition) is 9. The fourth-order valence-electron chi connectivity index (χ4n) is 4.63. The molecule has 7 nitrogen and oxygen atoms in total. The number of aromatic nitrogens is 4. The van der Waals surface area contributed by atoms with Crippen LogP contribution in [0.25, 0.3) is 20.4 Å². The van der Waals surface area contributed by atoms with Gasteiger partial charge in [0.2, 0.25) is 0 Å². The van der Waals surface area contributed by atoms with Crippen molar-refractivity contribution in [3.8, 4) is 0 Å². The van der Waals surface area contributed by atoms with Gasteiger partial charge in [0.25, 0.3) is 0 Å². The maximum atomic E-state index is 5.60. The molecule has 32 heavy (non-hydrogen) atoms. The molecule has 3 aromatic heterocycles. The lowest BCUT2D eigenvalue weighted by Gasteiger charge is -2.35. The Morgan fingerprint density at radius 3 is 2.75 bits per heavy atom. The molecule has 0 saturated carbocycles. The average molecular weight is 473 g/mol. The smallest absolute Gasteiger partial charge is 0.170 e. The quantitative estimate of drug-likeness (QED) is 0.480. The maximum absolute atomic E-state index is 5.60. The van der Waals surface area contributed by atoms with Gasteiger partial charge in [-0.2, -0.15) is 11.8 Å². The number of unbranched alkanes of at least 4 members (excludes halogenated alkanes) is 3. The van der Waals surface area contributed by atoms with Crippen molar-refractivity contribution in [3.63, 3.8) is 0 Å². The standard InChI is InChI=1S/C23H32N6OS2/c1-4-5-6-7-8-24-20-19-18(26-28-27-20)17-15-13-23(2,3)31-14-16(15)21(25-22(17)32-19)29-9-11-30-12-10-29/h4-14H2,1-3H3,(H,24,26,27). The van der Waals surface area contributed by atoms with Crippen LogP contribution in [0.2, 0.25) is 0 Å². The van der Waals surface area contributed by atoms with Gasteiger partial charge < -0.3 is 15.0 Å². The molecule has 5 rings (SSSR count). The molecule has 0 unspecified atom stereocenters. The fraction of sp³-hybridized carbons (Fsp3) is 0.652. The predicted octanol–water partition coefficient (Wildman–Crippen LogP) is 5.03. The second-order valence-electron chi connectivity index (χ2n) is 9.30. The molecule has 2 aliphatic rings. The second-order valence-corrected chi connectivity index (χ2v) is 12.0. The zero-order valence-electron chi connectivity index (χ0n) is 19.2. The topological polar surface area (TPSA) is 76.1 Å². The van der Waals surface area contributed by atoms with Crippen LogP contribution in [0.5, 0.6) is 0 Å². The molecule has 0 atom stereocenters. The molecule has 0 amide bonds. The fourth-order valence-corrected chi connectivity index (χ4v) is 6.81. The van der Waals surface area contributed by atoms with E-state index >= 15 is 0 Å². The highest BCUT2D eigenvalue weighted by atomic mass is 32.2. The van der Waals surface area contributed by atoms with E-state index in [1.807, 2.05) is 11.8 Å². The number of nitrogens with one attached hydrogen (secondary N) is 1. The molecule has 2 aliphatic heterocycles. The number of rotatable bonds is 7. The first-order valence-corrected chi connectivity index (χ1v) is 13.6. The van der Waals surface area contributed by atoms with Crippen LogP contribution in [0.1, 0.15) is 57.6 Å². The normalized spacial score (nSPS) is 18.3. The summed E-state index contributed by atoms with van der Waals surface area (Å²) in [5.74, 6) is 2.97. The minimum Gasteiger partial charge on any atom is -0.378 e. The minimum absolute atomic E-state index is 0.193. The molecule has 9 heteroatoms. The summed E-state index contributed by atoms with van der Waals surface area (Å²) in [5, 5.41) is 17.7. The van der Waals surface area contributed by atoms with E-state index in [1.165, 1.54) is 35.8 Å². The van der Waals surface area contributed by atoms with Crippen molar-refractivity contribution < 1.29 is 4.74 Å². The Morgan fingerprint density at radius 1 is 1.09 bits per heavy atom. The van der Waals surface area contributed by atoms with Gasteiger partial charge in [-0.3, -0.25) is 0 Å². The highest BCUT2D eigenvalue weighted by Crippen LogP contribution is 2.47. The van der Waals surface area contributed by atoms with Gasteiger partial charge in [0.1, 0.15) is 20.9 Å². The summed E-state index contributed by atoms with van der Waals surface area (Å²) in [5.41, 5.74) is 3.73. The van der Waals surface area contributed by atoms with Gasteiger partial charge in [0.05, 0.1) is 13.2 Å². The second kappa shape index (κ2) is 9.27. The van der Waals surface area contributed by atoms with Crippen LogP contribution in [-0.4, -0.2) is 58.0 Å². The SMILES string of the molecule is CCCCCCNc1nnnc2c1sc1nc(N3CCOCC3)c3c(c12)CC(C)(C)SC3. The van der Waals surface area contributed by atoms with E-state index in [-0.39, 0.29) is 4.75 Å². The molecular formula is C23H32N6OS2. The lowest BCUT2D eigenvalue weighted by molar-refractivity contribution is 0.122. The van der Waals surface area contributed by atoms with Crippen LogP contribution in [0.4, 0.5) is 11.6 Å². The van der Waals surface area contributed by atoms with Gasteiger partial charge in [-0.05, 0) is 23.6 Å². The predicted molar refractivity (Wildman–Crippen MR) is 135 cm³/mol. The van der Waals surface area contributed by atoms with Crippen molar-refractivity contribution in [3.05, 3.63) is 11.1 Å². The summed E-state index contributed by atoms with van der Waals surface area (Å²) >= 11 is 3.73. The summed E-state index contributed by atoms with van der Waals surface area (Å²) in [6.45, 7) is 11.2. The van der Waals surface area contributed by atoms with Crippen molar-refractivity contribution in [2.75, 3.05) is 43.1 Å². The molecular weight excluding hydrogens is 440 g/mol. The third kappa shape index (κ3) is 4.26. The molecule has 1 N–H and O–H groups in total. The van der Waals surface area contributed by atoms with Crippen molar-refractivity contribution >= 4 is 55.2 Å². The Balaban J connectivity index is 1.60. The minimum atomic E-state index is 0.193. The Kier molecular flexibility index (Phi) is 6.40. The van der Waals surface area contributed by atoms with E-state index in [1.54, 1.807) is 11.3 Å². The van der Waals surface area contributed by atoms with Crippen molar-refractivity contribution in [2.24, 2.45) is 0 Å². The van der Waals surface area contributed by atoms with E-state index < -0.39 is 0 Å². The first-order chi connectivity index (χ1) is 15.6. The highest BCUT2D eigenvalue weighted by molar-refractivity contribution is 7.99. The van der Waals surface area contributed by atoms with E-state index in [2.05, 4.69) is 46.4 Å². The van der Waals surface area contributed by atoms with Crippen molar-refractivity contribution in [1.82, 2.24) is 20.4 Å². The van der Waals surface area contributed by atoms with Crippen LogP contribution in [0, 0.1) is 0 Å². The Bertz CT molecular complexity index is 1110. The first-order valence-electron chi connectivity index (χ1n) is 11.8. The molecule has 0 bridgehead atoms. The van der Waals surface area contributed by atoms with E-state index in [4.69, 9.17) is 9.72 Å². The Morgan fingerprint density at radius 2 is 1.94 bits per heavy atom. The Hall–Kier alpha value is -1.71. The highest BCUT2D eigenvalue weighted by Gasteiger charge is 2.33. The number of pyridine rings is 1. The van der Waals surface area contributed by atoms with Gasteiger partial charge in [-0.1, -0.05) is 40.0 Å². The van der Waals surface area contributed by atoms with Gasteiger partial charge in [-0.15, -0.1) is 21.5 Å². The molecule has 172 valence electrons. The van der Waals surface area contributed by atoms with E-state index in [0.29, 0.717) is 0 Å². The number of fused-ring (bicyclic) bond motifs is 5. The number of nitrogens with zero attached hydrogens (tertiary/aromatic N) is 5. The summed E-state index contributed by atoms with van der Waals surface area (Å²) in [6.07, 6.45) is 5.91. The Labute approximate surface area is 197 Å². The molecule has 1 fully saturated rings. The van der Waals surface area contributed by atoms with Gasteiger partial charge in [0, 0.05) is 41.1 Å². The molecule has 0 spiro atoms. The maximum Gasteiger partial charge on any atom is 0.170 e. The lowest BCUT2D eigenvalue weighted by atomic mass is 9.94. The number of anilines is 2. The number of thioether (sulfide) groups is 1. The summed E-state index contributed by atoms with van der Waals surface area (Å²) < 4.78 is 6.88. The van der Waals surface area contributed by atoms with E-state index in [9.17, 15) is 0 Å². The molecule has 3 aromatic rings. The van der Waals surface area contributed by atoms with Crippen LogP contribution in [0.3, 0.4) is 0 Å². The third-order valence-corrected chi connectivity index (χ3v) is 8.79. The average Bonchev–Trinajstić information content (AvgIpc) is 3.18.